The van der Waals surface area contributed by atoms with Crippen LogP contribution in [0.4, 0.5) is 0 Å². The molecule has 0 unspecified atom stereocenters. The highest BCUT2D eigenvalue weighted by atomic mass is 14.8. The molecule has 8 heteroatoms. The highest BCUT2D eigenvalue weighted by Crippen LogP contribution is 2.51. The van der Waals surface area contributed by atoms with E-state index in [2.05, 4.69) is 234 Å². The zero-order chi connectivity index (χ0) is 60.5. The Balaban J connectivity index is 1.18. The molecule has 0 saturated carbocycles. The van der Waals surface area contributed by atoms with Crippen molar-refractivity contribution in [3.8, 4) is 33.4 Å². The van der Waals surface area contributed by atoms with E-state index >= 15 is 0 Å². The number of nitrogens with one attached hydrogen (secondary N) is 4. The van der Waals surface area contributed by atoms with Gasteiger partial charge in [-0.3, -0.25) is 0 Å². The van der Waals surface area contributed by atoms with E-state index in [-0.39, 0.29) is 23.7 Å². The maximum Gasteiger partial charge on any atom is 0.0818 e. The molecule has 0 atom stereocenters. The lowest BCUT2D eigenvalue weighted by atomic mass is 9.92. The van der Waals surface area contributed by atoms with Gasteiger partial charge < -0.3 is 19.9 Å². The van der Waals surface area contributed by atoms with E-state index in [1.165, 1.54) is 55.5 Å². The quantitative estimate of drug-likeness (QED) is 0.0818. The molecule has 440 valence electrons. The van der Waals surface area contributed by atoms with Gasteiger partial charge in [-0.25, -0.2) is 19.9 Å². The first-order chi connectivity index (χ1) is 43.7. The molecule has 4 N–H and O–H groups in total. The van der Waals surface area contributed by atoms with Gasteiger partial charge in [-0.05, 0) is 171 Å². The van der Waals surface area contributed by atoms with Crippen LogP contribution in [0.1, 0.15) is 181 Å². The summed E-state index contributed by atoms with van der Waals surface area (Å²) in [6, 6.07) is 47.7. The first-order valence-corrected chi connectivity index (χ1v) is 33.1. The van der Waals surface area contributed by atoms with Crippen molar-refractivity contribution in [2.75, 3.05) is 0 Å². The zero-order valence-corrected chi connectivity index (χ0v) is 52.7. The van der Waals surface area contributed by atoms with E-state index in [0.29, 0.717) is 0 Å². The Bertz CT molecular complexity index is 5360. The SMILES string of the molecule is CCC(CC)c1c2nc(c(-c3ccc(C)cc3)c3ccc([nH]3)c(C(CC)CC)c3cc4c5cc6[nH]c5c5c7nc(cc7c7cc1[nH]c7c5c4n3)c(C(CC)CC)c1cc3c(-c4ccccc4)c(-c4ccccc4)c(c4nc(c6C(CC)CC)C=C4)c3[nH]1)C=C2. The summed E-state index contributed by atoms with van der Waals surface area (Å²) in [5.74, 6) is 0.869. The van der Waals surface area contributed by atoms with Crippen LogP contribution in [-0.2, 0) is 0 Å². The molecular formula is C81H76N8. The van der Waals surface area contributed by atoms with Gasteiger partial charge in [0.2, 0.25) is 0 Å². The molecule has 0 fully saturated rings. The number of benzene rings is 5. The fourth-order valence-electron chi connectivity index (χ4n) is 16.3. The molecule has 16 bridgehead atoms. The number of hydrogen-bond donors (Lipinski definition) is 4. The van der Waals surface area contributed by atoms with Crippen LogP contribution in [0.5, 0.6) is 0 Å². The molecule has 0 radical (unpaired) electrons. The number of aryl methyl sites for hydroxylation is 1. The van der Waals surface area contributed by atoms with Gasteiger partial charge in [0.05, 0.1) is 61.4 Å². The zero-order valence-electron chi connectivity index (χ0n) is 52.7. The van der Waals surface area contributed by atoms with E-state index in [1.54, 1.807) is 0 Å². The van der Waals surface area contributed by atoms with Crippen LogP contribution in [0, 0.1) is 6.92 Å². The molecule has 16 rings (SSSR count). The predicted octanol–water partition coefficient (Wildman–Crippen LogP) is 23.1. The molecule has 2 aliphatic rings. The molecule has 6 aromatic carbocycles. The average molecular weight is 1160 g/mol. The van der Waals surface area contributed by atoms with Crippen LogP contribution >= 0.6 is 0 Å². The number of nitrogens with zero attached hydrogens (tertiary/aromatic N) is 4. The van der Waals surface area contributed by atoms with Gasteiger partial charge in [0.15, 0.2) is 0 Å². The van der Waals surface area contributed by atoms with Crippen molar-refractivity contribution in [3.05, 3.63) is 178 Å². The normalized spacial score (nSPS) is 13.0. The van der Waals surface area contributed by atoms with Crippen molar-refractivity contribution in [2.24, 2.45) is 0 Å². The number of H-pyrrole nitrogens is 4. The number of aromatic amines is 4. The number of fused-ring (bicyclic) bond motifs is 14. The lowest BCUT2D eigenvalue weighted by Gasteiger charge is -2.14. The topological polar surface area (TPSA) is 115 Å². The van der Waals surface area contributed by atoms with Gasteiger partial charge in [0.25, 0.3) is 0 Å². The fraction of sp³-hybridized carbons (Fsp3) is 0.259. The van der Waals surface area contributed by atoms with E-state index in [1.807, 2.05) is 0 Å². The molecule has 10 heterocycles. The van der Waals surface area contributed by atoms with E-state index in [0.717, 1.165) is 189 Å². The van der Waals surface area contributed by atoms with Gasteiger partial charge in [0.1, 0.15) is 0 Å². The van der Waals surface area contributed by atoms with Gasteiger partial charge >= 0.3 is 0 Å². The summed E-state index contributed by atoms with van der Waals surface area (Å²) in [5.41, 5.74) is 29.7. The van der Waals surface area contributed by atoms with Gasteiger partial charge in [-0.15, -0.1) is 0 Å². The first-order valence-electron chi connectivity index (χ1n) is 33.1. The number of hydrogen-bond acceptors (Lipinski definition) is 4. The second kappa shape index (κ2) is 21.4. The Morgan fingerprint density at radius 2 is 0.719 bits per heavy atom. The van der Waals surface area contributed by atoms with Crippen molar-refractivity contribution < 1.29 is 0 Å². The Labute approximate surface area is 519 Å². The fourth-order valence-corrected chi connectivity index (χ4v) is 16.3. The number of aromatic nitrogens is 8. The minimum Gasteiger partial charge on any atom is -0.355 e. The summed E-state index contributed by atoms with van der Waals surface area (Å²) in [5, 5.41) is 9.06. The Hall–Kier alpha value is -9.40. The molecule has 0 aliphatic carbocycles. The third-order valence-electron chi connectivity index (χ3n) is 20.9. The van der Waals surface area contributed by atoms with E-state index in [4.69, 9.17) is 19.9 Å². The summed E-state index contributed by atoms with van der Waals surface area (Å²) in [4.78, 5) is 40.7. The van der Waals surface area contributed by atoms with Gasteiger partial charge in [-0.1, -0.05) is 146 Å². The predicted molar refractivity (Wildman–Crippen MR) is 380 cm³/mol. The van der Waals surface area contributed by atoms with Crippen molar-refractivity contribution in [2.45, 2.75) is 137 Å². The maximum atomic E-state index is 6.13. The Kier molecular flexibility index (Phi) is 13.2. The minimum absolute atomic E-state index is 0.200. The number of rotatable bonds is 15. The van der Waals surface area contributed by atoms with Gasteiger partial charge in [0, 0.05) is 104 Å². The van der Waals surface area contributed by atoms with Crippen molar-refractivity contribution in [3.63, 3.8) is 0 Å². The van der Waals surface area contributed by atoms with Crippen LogP contribution in [-0.4, -0.2) is 39.9 Å². The molecule has 14 aromatic rings. The molecule has 0 spiro atoms. The summed E-state index contributed by atoms with van der Waals surface area (Å²) >= 11 is 0. The molecule has 0 amide bonds. The highest BCUT2D eigenvalue weighted by Gasteiger charge is 2.30. The first kappa shape index (κ1) is 55.0. The van der Waals surface area contributed by atoms with Crippen LogP contribution < -0.4 is 0 Å². The van der Waals surface area contributed by atoms with E-state index in [9.17, 15) is 0 Å². The molecular weight excluding hydrogens is 1080 g/mol. The molecule has 8 aromatic heterocycles. The molecule has 8 nitrogen and oxygen atoms in total. The third kappa shape index (κ3) is 8.31. The summed E-state index contributed by atoms with van der Waals surface area (Å²) < 4.78 is 0. The largest absolute Gasteiger partial charge is 0.355 e. The molecule has 89 heavy (non-hydrogen) atoms. The Morgan fingerprint density at radius 3 is 1.24 bits per heavy atom. The maximum absolute atomic E-state index is 6.13. The lowest BCUT2D eigenvalue weighted by Crippen LogP contribution is -1.99. The second-order valence-corrected chi connectivity index (χ2v) is 25.5. The van der Waals surface area contributed by atoms with Crippen molar-refractivity contribution >= 4 is 134 Å². The van der Waals surface area contributed by atoms with Gasteiger partial charge in [-0.2, -0.15) is 0 Å². The third-order valence-corrected chi connectivity index (χ3v) is 20.9. The van der Waals surface area contributed by atoms with Crippen LogP contribution in [0.15, 0.2) is 127 Å². The summed E-state index contributed by atoms with van der Waals surface area (Å²) in [6.07, 6.45) is 16.8. The van der Waals surface area contributed by atoms with Crippen LogP contribution in [0.25, 0.3) is 167 Å². The summed E-state index contributed by atoms with van der Waals surface area (Å²) in [7, 11) is 0. The standard InChI is InChI=1S/C81H76N8/c1-10-44(11-2)68-56-32-34-59(82-56)72(50-30-28-43(9)29-31-50)60-35-33-57(83-60)69(45(12-3)13-4)63-40-53-54-41-65-71(47(16-7)17-8)66-42-55-67(48-24-20-18-21-25-48)73(49-26-22-19-23-27-49)74(81(55)89-66)61-37-36-58(84-61)70(46(14-5)15-6)64-39-52-51-38-62(68)85-77(51)75(79(53)86-63)76(78(52)87-64)80(54)88-65/h18-42,44-47,82,86-87,89H,10-17H2,1-9H3. The molecule has 0 saturated heterocycles. The van der Waals surface area contributed by atoms with Crippen molar-refractivity contribution in [1.29, 1.82) is 0 Å². The van der Waals surface area contributed by atoms with Crippen LogP contribution in [0.2, 0.25) is 0 Å². The lowest BCUT2D eigenvalue weighted by molar-refractivity contribution is 0.642. The monoisotopic (exact) mass is 1160 g/mol. The van der Waals surface area contributed by atoms with Crippen LogP contribution in [0.3, 0.4) is 0 Å². The molecule has 2 aliphatic heterocycles. The smallest absolute Gasteiger partial charge is 0.0818 e. The van der Waals surface area contributed by atoms with Crippen molar-refractivity contribution in [1.82, 2.24) is 39.9 Å². The highest BCUT2D eigenvalue weighted by molar-refractivity contribution is 6.39. The minimum atomic E-state index is 0.200. The summed E-state index contributed by atoms with van der Waals surface area (Å²) in [6.45, 7) is 20.8. The van der Waals surface area contributed by atoms with E-state index < -0.39 is 0 Å². The second-order valence-electron chi connectivity index (χ2n) is 25.5. The average Bonchev–Trinajstić information content (AvgIpc) is 1.58. The Morgan fingerprint density at radius 1 is 0.315 bits per heavy atom.